The first-order valence-electron chi connectivity index (χ1n) is 12.5. The molecule has 5 rings (SSSR count). The summed E-state index contributed by atoms with van der Waals surface area (Å²) >= 11 is 0. The number of aliphatic hydroxyl groups is 3. The molecular weight excluding hydrogens is 476 g/mol. The van der Waals surface area contributed by atoms with Gasteiger partial charge < -0.3 is 25.3 Å². The van der Waals surface area contributed by atoms with Crippen LogP contribution in [0.25, 0.3) is 33.0 Å². The molecule has 194 valence electrons. The van der Waals surface area contributed by atoms with Gasteiger partial charge >= 0.3 is 0 Å². The predicted octanol–water partition coefficient (Wildman–Crippen LogP) is 6.76. The van der Waals surface area contributed by atoms with Crippen LogP contribution in [0.1, 0.15) is 50.2 Å². The minimum absolute atomic E-state index is 0.0389. The summed E-state index contributed by atoms with van der Waals surface area (Å²) in [5, 5.41) is 35.9. The largest absolute Gasteiger partial charge is 0.508 e. The van der Waals surface area contributed by atoms with Gasteiger partial charge in [0.2, 0.25) is 5.78 Å². The van der Waals surface area contributed by atoms with Crippen molar-refractivity contribution in [1.82, 2.24) is 9.97 Å². The fourth-order valence-electron chi connectivity index (χ4n) is 5.25. The zero-order chi connectivity index (χ0) is 27.6. The highest BCUT2D eigenvalue weighted by molar-refractivity contribution is 6.34. The van der Waals surface area contributed by atoms with E-state index in [1.54, 1.807) is 12.2 Å². The number of para-hydroxylation sites is 2. The van der Waals surface area contributed by atoms with E-state index in [0.717, 1.165) is 11.0 Å². The summed E-state index contributed by atoms with van der Waals surface area (Å²) in [5.41, 5.74) is 2.37. The predicted molar refractivity (Wildman–Crippen MR) is 153 cm³/mol. The molecule has 6 nitrogen and oxygen atoms in total. The van der Waals surface area contributed by atoms with E-state index in [-0.39, 0.29) is 11.1 Å². The Labute approximate surface area is 221 Å². The van der Waals surface area contributed by atoms with Gasteiger partial charge in [-0.2, -0.15) is 0 Å². The maximum absolute atomic E-state index is 14.0. The van der Waals surface area contributed by atoms with Gasteiger partial charge in [-0.25, -0.2) is 0 Å². The molecule has 0 spiro atoms. The molecule has 0 bridgehead atoms. The first kappa shape index (κ1) is 25.4. The summed E-state index contributed by atoms with van der Waals surface area (Å²) in [5.74, 6) is -1.88. The van der Waals surface area contributed by atoms with E-state index >= 15 is 0 Å². The third-order valence-electron chi connectivity index (χ3n) is 7.73. The Kier molecular flexibility index (Phi) is 5.76. The lowest BCUT2D eigenvalue weighted by molar-refractivity contribution is -0.113. The van der Waals surface area contributed by atoms with Gasteiger partial charge in [0.05, 0.1) is 5.57 Å². The SMILES string of the molecule is C=CC(C)(C)c1[nH]c2ccccc2c1C1=C(O)C(O)C(c2c(C(C)(C)C=C)[nH]c3ccccc23)=C(O)C1=O. The van der Waals surface area contributed by atoms with Crippen molar-refractivity contribution in [2.45, 2.75) is 44.6 Å². The molecule has 0 amide bonds. The number of allylic oxidation sites excluding steroid dienone is 3. The molecule has 6 heteroatoms. The van der Waals surface area contributed by atoms with Gasteiger partial charge in [0.15, 0.2) is 5.76 Å². The van der Waals surface area contributed by atoms with Gasteiger partial charge in [-0.05, 0) is 12.1 Å². The summed E-state index contributed by atoms with van der Waals surface area (Å²) in [6, 6.07) is 14.9. The molecule has 5 N–H and O–H groups in total. The maximum atomic E-state index is 14.0. The monoisotopic (exact) mass is 508 g/mol. The molecule has 2 heterocycles. The number of aromatic nitrogens is 2. The van der Waals surface area contributed by atoms with E-state index in [9.17, 15) is 20.1 Å². The molecule has 0 saturated carbocycles. The number of carbonyl (C=O) groups is 1. The Morgan fingerprint density at radius 2 is 1.24 bits per heavy atom. The standard InChI is InChI=1S/C32H32N2O4/c1-7-31(3,4)29-21(17-13-9-11-15-19(17)33-29)23-25(35)27(37)24(28(38)26(23)36)22-18-14-10-12-16-20(18)34-30(22)32(5,6)8-2/h7-16,25,33-37H,1-2H2,3-6H3. The van der Waals surface area contributed by atoms with Crippen LogP contribution in [0.3, 0.4) is 0 Å². The van der Waals surface area contributed by atoms with Crippen LogP contribution in [0.2, 0.25) is 0 Å². The number of hydrogen-bond donors (Lipinski definition) is 5. The summed E-state index contributed by atoms with van der Waals surface area (Å²) in [4.78, 5) is 20.7. The number of ketones is 1. The van der Waals surface area contributed by atoms with Gasteiger partial charge in [-0.3, -0.25) is 4.79 Å². The topological polar surface area (TPSA) is 109 Å². The van der Waals surface area contributed by atoms with E-state index < -0.39 is 34.2 Å². The maximum Gasteiger partial charge on any atom is 0.231 e. The van der Waals surface area contributed by atoms with Crippen molar-refractivity contribution in [2.24, 2.45) is 0 Å². The van der Waals surface area contributed by atoms with Crippen molar-refractivity contribution < 1.29 is 20.1 Å². The molecule has 0 radical (unpaired) electrons. The molecular formula is C32H32N2O4. The van der Waals surface area contributed by atoms with Crippen molar-refractivity contribution in [3.8, 4) is 0 Å². The van der Waals surface area contributed by atoms with Crippen LogP contribution >= 0.6 is 0 Å². The number of aliphatic hydroxyl groups excluding tert-OH is 3. The van der Waals surface area contributed by atoms with E-state index in [0.29, 0.717) is 33.3 Å². The average Bonchev–Trinajstić information content (AvgIpc) is 3.48. The Hall–Kier alpha value is -4.29. The molecule has 1 aliphatic rings. The highest BCUT2D eigenvalue weighted by Gasteiger charge is 2.42. The quantitative estimate of drug-likeness (QED) is 0.185. The van der Waals surface area contributed by atoms with Crippen molar-refractivity contribution in [1.29, 1.82) is 0 Å². The highest BCUT2D eigenvalue weighted by Crippen LogP contribution is 2.46. The molecule has 0 saturated heterocycles. The average molecular weight is 509 g/mol. The summed E-state index contributed by atoms with van der Waals surface area (Å²) in [6.45, 7) is 15.7. The highest BCUT2D eigenvalue weighted by atomic mass is 16.3. The van der Waals surface area contributed by atoms with Crippen molar-refractivity contribution in [3.05, 3.63) is 108 Å². The second-order valence-electron chi connectivity index (χ2n) is 10.9. The number of nitrogens with one attached hydrogen (secondary N) is 2. The van der Waals surface area contributed by atoms with Crippen LogP contribution in [0.15, 0.2) is 85.4 Å². The summed E-state index contributed by atoms with van der Waals surface area (Å²) in [7, 11) is 0. The number of carbonyl (C=O) groups excluding carboxylic acids is 1. The Morgan fingerprint density at radius 1 is 0.789 bits per heavy atom. The second kappa shape index (κ2) is 8.64. The third kappa shape index (κ3) is 3.56. The number of hydrogen-bond acceptors (Lipinski definition) is 4. The minimum atomic E-state index is -1.64. The molecule has 1 unspecified atom stereocenters. The number of Topliss-reactive ketones (excluding diaryl/α,β-unsaturated/α-hetero) is 1. The fraction of sp³-hybridized carbons (Fsp3) is 0.219. The van der Waals surface area contributed by atoms with Crippen LogP contribution in [0.5, 0.6) is 0 Å². The first-order chi connectivity index (χ1) is 17.9. The van der Waals surface area contributed by atoms with Gasteiger partial charge in [0, 0.05) is 60.7 Å². The lowest BCUT2D eigenvalue weighted by Crippen LogP contribution is -2.29. The third-order valence-corrected chi connectivity index (χ3v) is 7.73. The smallest absolute Gasteiger partial charge is 0.231 e. The number of rotatable bonds is 6. The minimum Gasteiger partial charge on any atom is -0.508 e. The van der Waals surface area contributed by atoms with E-state index in [4.69, 9.17) is 0 Å². The van der Waals surface area contributed by atoms with E-state index in [2.05, 4.69) is 23.1 Å². The Bertz CT molecular complexity index is 1710. The van der Waals surface area contributed by atoms with Crippen molar-refractivity contribution in [2.75, 3.05) is 0 Å². The lowest BCUT2D eigenvalue weighted by Gasteiger charge is -2.29. The molecule has 0 fully saturated rings. The van der Waals surface area contributed by atoms with E-state index in [1.165, 1.54) is 0 Å². The number of H-pyrrole nitrogens is 2. The van der Waals surface area contributed by atoms with Crippen LogP contribution in [0, 0.1) is 0 Å². The molecule has 38 heavy (non-hydrogen) atoms. The normalized spacial score (nSPS) is 17.1. The second-order valence-corrected chi connectivity index (χ2v) is 10.9. The van der Waals surface area contributed by atoms with E-state index in [1.807, 2.05) is 76.2 Å². The molecule has 0 aliphatic heterocycles. The Morgan fingerprint density at radius 3 is 1.74 bits per heavy atom. The molecule has 2 aromatic carbocycles. The molecule has 1 atom stereocenters. The molecule has 4 aromatic rings. The Balaban J connectivity index is 1.81. The fourth-order valence-corrected chi connectivity index (χ4v) is 5.25. The zero-order valence-electron chi connectivity index (χ0n) is 22.0. The number of aromatic amines is 2. The summed E-state index contributed by atoms with van der Waals surface area (Å²) < 4.78 is 0. The van der Waals surface area contributed by atoms with Crippen LogP contribution in [0.4, 0.5) is 0 Å². The van der Waals surface area contributed by atoms with Crippen LogP contribution in [-0.4, -0.2) is 37.2 Å². The zero-order valence-corrected chi connectivity index (χ0v) is 22.0. The lowest BCUT2D eigenvalue weighted by atomic mass is 9.77. The molecule has 2 aromatic heterocycles. The van der Waals surface area contributed by atoms with Crippen molar-refractivity contribution >= 4 is 38.7 Å². The first-order valence-corrected chi connectivity index (χ1v) is 12.5. The van der Waals surface area contributed by atoms with Gasteiger partial charge in [0.25, 0.3) is 0 Å². The van der Waals surface area contributed by atoms with Crippen molar-refractivity contribution in [3.63, 3.8) is 0 Å². The van der Waals surface area contributed by atoms with Crippen LogP contribution in [-0.2, 0) is 15.6 Å². The molecule has 1 aliphatic carbocycles. The number of fused-ring (bicyclic) bond motifs is 2. The van der Waals surface area contributed by atoms with Gasteiger partial charge in [-0.1, -0.05) is 76.2 Å². The van der Waals surface area contributed by atoms with Gasteiger partial charge in [-0.15, -0.1) is 13.2 Å². The number of benzene rings is 2. The van der Waals surface area contributed by atoms with Crippen LogP contribution < -0.4 is 0 Å². The van der Waals surface area contributed by atoms with Gasteiger partial charge in [0.1, 0.15) is 11.9 Å². The summed E-state index contributed by atoms with van der Waals surface area (Å²) in [6.07, 6.45) is 1.86.